The van der Waals surface area contributed by atoms with Crippen molar-refractivity contribution in [2.45, 2.75) is 17.9 Å². The van der Waals surface area contributed by atoms with E-state index >= 15 is 0 Å². The van der Waals surface area contributed by atoms with E-state index < -0.39 is 0 Å². The zero-order valence-electron chi connectivity index (χ0n) is 10.9. The summed E-state index contributed by atoms with van der Waals surface area (Å²) in [6.45, 7) is 1.96. The number of hydrogen-bond donors (Lipinski definition) is 1. The highest BCUT2D eigenvalue weighted by atomic mass is 79.9. The van der Waals surface area contributed by atoms with Gasteiger partial charge < -0.3 is 10.5 Å². The fourth-order valence-electron chi connectivity index (χ4n) is 1.77. The molecule has 0 fully saturated rings. The number of rotatable bonds is 4. The highest BCUT2D eigenvalue weighted by Crippen LogP contribution is 2.33. The third kappa shape index (κ3) is 3.53. The minimum atomic E-state index is 0.00177. The molecule has 2 rings (SSSR count). The molecule has 0 aliphatic rings. The van der Waals surface area contributed by atoms with Crippen LogP contribution in [0.15, 0.2) is 51.8 Å². The van der Waals surface area contributed by atoms with Crippen LogP contribution in [0.25, 0.3) is 0 Å². The molecule has 1 atom stereocenters. The molecule has 0 radical (unpaired) electrons. The van der Waals surface area contributed by atoms with Crippen molar-refractivity contribution in [2.24, 2.45) is 5.73 Å². The highest BCUT2D eigenvalue weighted by molar-refractivity contribution is 9.10. The molecule has 2 aromatic rings. The van der Waals surface area contributed by atoms with Gasteiger partial charge in [-0.1, -0.05) is 34.1 Å². The summed E-state index contributed by atoms with van der Waals surface area (Å²) in [6, 6.07) is 13.9. The Kier molecular flexibility index (Phi) is 4.91. The smallest absolute Gasteiger partial charge is 0.140 e. The quantitative estimate of drug-likeness (QED) is 0.798. The predicted octanol–water partition coefficient (Wildman–Crippen LogP) is 4.98. The molecule has 0 aromatic heterocycles. The lowest BCUT2D eigenvalue weighted by Crippen LogP contribution is -2.05. The molecule has 19 heavy (non-hydrogen) atoms. The van der Waals surface area contributed by atoms with Gasteiger partial charge in [0.1, 0.15) is 11.5 Å². The van der Waals surface area contributed by atoms with E-state index in [2.05, 4.69) is 15.9 Å². The van der Waals surface area contributed by atoms with Gasteiger partial charge in [-0.05, 0) is 43.0 Å². The number of benzene rings is 2. The van der Waals surface area contributed by atoms with Crippen LogP contribution in [0, 0.1) is 0 Å². The molecule has 2 nitrogen and oxygen atoms in total. The lowest BCUT2D eigenvalue weighted by Gasteiger charge is -2.12. The first-order chi connectivity index (χ1) is 9.11. The van der Waals surface area contributed by atoms with E-state index in [1.807, 2.05) is 55.6 Å². The summed E-state index contributed by atoms with van der Waals surface area (Å²) < 4.78 is 6.90. The molecule has 0 saturated carbocycles. The van der Waals surface area contributed by atoms with Crippen LogP contribution in [0.5, 0.6) is 11.5 Å². The molecule has 0 amide bonds. The van der Waals surface area contributed by atoms with Crippen molar-refractivity contribution < 1.29 is 4.74 Å². The van der Waals surface area contributed by atoms with Crippen LogP contribution in [-0.4, -0.2) is 6.26 Å². The van der Waals surface area contributed by atoms with Gasteiger partial charge in [-0.15, -0.1) is 11.8 Å². The first kappa shape index (κ1) is 14.4. The number of nitrogens with two attached hydrogens (primary N) is 1. The summed E-state index contributed by atoms with van der Waals surface area (Å²) >= 11 is 5.20. The van der Waals surface area contributed by atoms with E-state index in [1.165, 1.54) is 0 Å². The van der Waals surface area contributed by atoms with Crippen LogP contribution in [-0.2, 0) is 0 Å². The fourth-order valence-corrected chi connectivity index (χ4v) is 3.02. The van der Waals surface area contributed by atoms with Crippen molar-refractivity contribution in [1.29, 1.82) is 0 Å². The van der Waals surface area contributed by atoms with Crippen LogP contribution >= 0.6 is 27.7 Å². The monoisotopic (exact) mass is 337 g/mol. The zero-order valence-corrected chi connectivity index (χ0v) is 13.3. The van der Waals surface area contributed by atoms with E-state index in [0.717, 1.165) is 26.4 Å². The maximum absolute atomic E-state index is 5.92. The van der Waals surface area contributed by atoms with Gasteiger partial charge in [0, 0.05) is 15.4 Å². The molecule has 0 saturated heterocycles. The van der Waals surface area contributed by atoms with Gasteiger partial charge in [-0.2, -0.15) is 0 Å². The van der Waals surface area contributed by atoms with Crippen molar-refractivity contribution >= 4 is 27.7 Å². The molecule has 4 heteroatoms. The van der Waals surface area contributed by atoms with E-state index in [-0.39, 0.29) is 6.04 Å². The summed E-state index contributed by atoms with van der Waals surface area (Å²) in [6.07, 6.45) is 2.04. The minimum Gasteiger partial charge on any atom is -0.456 e. The fraction of sp³-hybridized carbons (Fsp3) is 0.200. The topological polar surface area (TPSA) is 35.2 Å². The lowest BCUT2D eigenvalue weighted by atomic mass is 10.1. The Morgan fingerprint density at radius 2 is 1.95 bits per heavy atom. The molecule has 2 N–H and O–H groups in total. The highest BCUT2D eigenvalue weighted by Gasteiger charge is 2.08. The molecular formula is C15H16BrNOS. The van der Waals surface area contributed by atoms with Gasteiger partial charge in [0.25, 0.3) is 0 Å². The van der Waals surface area contributed by atoms with E-state index in [4.69, 9.17) is 10.5 Å². The molecule has 0 aliphatic heterocycles. The minimum absolute atomic E-state index is 0.00177. The second-order valence-corrected chi connectivity index (χ2v) is 5.93. The summed E-state index contributed by atoms with van der Waals surface area (Å²) in [5.41, 5.74) is 6.96. The first-order valence-corrected chi connectivity index (χ1v) is 7.99. The van der Waals surface area contributed by atoms with Crippen LogP contribution in [0.4, 0.5) is 0 Å². The Morgan fingerprint density at radius 3 is 2.58 bits per heavy atom. The predicted molar refractivity (Wildman–Crippen MR) is 85.0 cm³/mol. The molecule has 0 aliphatic carbocycles. The summed E-state index contributed by atoms with van der Waals surface area (Å²) in [4.78, 5) is 1.12. The SMILES string of the molecule is CSc1ccccc1Oc1ccc([C@H](C)N)c(Br)c1. The van der Waals surface area contributed by atoms with Gasteiger partial charge in [0.2, 0.25) is 0 Å². The van der Waals surface area contributed by atoms with Gasteiger partial charge >= 0.3 is 0 Å². The molecule has 0 unspecified atom stereocenters. The maximum atomic E-state index is 5.92. The second kappa shape index (κ2) is 6.46. The van der Waals surface area contributed by atoms with Crippen LogP contribution in [0.3, 0.4) is 0 Å². The Hall–Kier alpha value is -0.970. The number of thioether (sulfide) groups is 1. The normalized spacial score (nSPS) is 12.2. The molecule has 0 spiro atoms. The molecular weight excluding hydrogens is 322 g/mol. The Labute approximate surface area is 126 Å². The van der Waals surface area contributed by atoms with E-state index in [1.54, 1.807) is 11.8 Å². The molecule has 2 aromatic carbocycles. The van der Waals surface area contributed by atoms with Crippen molar-refractivity contribution in [2.75, 3.05) is 6.26 Å². The average molecular weight is 338 g/mol. The van der Waals surface area contributed by atoms with Crippen LogP contribution in [0.1, 0.15) is 18.5 Å². The molecule has 100 valence electrons. The Morgan fingerprint density at radius 1 is 1.21 bits per heavy atom. The standard InChI is InChI=1S/C15H16BrNOS/c1-10(17)12-8-7-11(9-13(12)16)18-14-5-3-4-6-15(14)19-2/h3-10H,17H2,1-2H3/t10-/m0/s1. The lowest BCUT2D eigenvalue weighted by molar-refractivity contribution is 0.470. The van der Waals surface area contributed by atoms with E-state index in [0.29, 0.717) is 0 Å². The summed E-state index contributed by atoms with van der Waals surface area (Å²) in [7, 11) is 0. The van der Waals surface area contributed by atoms with Crippen LogP contribution in [0.2, 0.25) is 0 Å². The maximum Gasteiger partial charge on any atom is 0.140 e. The summed E-state index contributed by atoms with van der Waals surface area (Å²) in [5, 5.41) is 0. The van der Waals surface area contributed by atoms with Gasteiger partial charge in [-0.25, -0.2) is 0 Å². The van der Waals surface area contributed by atoms with Crippen molar-refractivity contribution in [3.05, 3.63) is 52.5 Å². The van der Waals surface area contributed by atoms with Crippen molar-refractivity contribution in [1.82, 2.24) is 0 Å². The van der Waals surface area contributed by atoms with Gasteiger partial charge in [-0.3, -0.25) is 0 Å². The second-order valence-electron chi connectivity index (χ2n) is 4.22. The Balaban J connectivity index is 2.26. The number of para-hydroxylation sites is 1. The van der Waals surface area contributed by atoms with Crippen LogP contribution < -0.4 is 10.5 Å². The zero-order chi connectivity index (χ0) is 13.8. The van der Waals surface area contributed by atoms with E-state index in [9.17, 15) is 0 Å². The van der Waals surface area contributed by atoms with Gasteiger partial charge in [0.05, 0.1) is 0 Å². The number of ether oxygens (including phenoxy) is 1. The van der Waals surface area contributed by atoms with Crippen molar-refractivity contribution in [3.8, 4) is 11.5 Å². The summed E-state index contributed by atoms with van der Waals surface area (Å²) in [5.74, 6) is 1.67. The Bertz CT molecular complexity index is 572. The third-order valence-electron chi connectivity index (χ3n) is 2.76. The largest absolute Gasteiger partial charge is 0.456 e. The third-order valence-corrected chi connectivity index (χ3v) is 4.22. The van der Waals surface area contributed by atoms with Crippen molar-refractivity contribution in [3.63, 3.8) is 0 Å². The number of halogens is 1. The molecule has 0 heterocycles. The number of hydrogen-bond acceptors (Lipinski definition) is 3. The first-order valence-electron chi connectivity index (χ1n) is 5.97. The van der Waals surface area contributed by atoms with Gasteiger partial charge in [0.15, 0.2) is 0 Å². The molecule has 0 bridgehead atoms. The average Bonchev–Trinajstić information content (AvgIpc) is 2.39.